The number of aliphatic imine (C=N–C) groups is 1. The molecule has 1 aromatic carbocycles. The maximum atomic E-state index is 5.31. The Hall–Kier alpha value is -1.20. The number of nitrogens with zero attached hydrogens (tertiary/aromatic N) is 1. The minimum Gasteiger partial charge on any atom is -0.497 e. The molecule has 0 saturated carbocycles. The fourth-order valence-corrected chi connectivity index (χ4v) is 2.09. The molecule has 0 atom stereocenters. The summed E-state index contributed by atoms with van der Waals surface area (Å²) in [7, 11) is 1.64. The van der Waals surface area contributed by atoms with Crippen molar-refractivity contribution in [2.45, 2.75) is 4.90 Å². The summed E-state index contributed by atoms with van der Waals surface area (Å²) in [5.74, 6) is 7.69. The second kappa shape index (κ2) is 3.89. The van der Waals surface area contributed by atoms with E-state index in [4.69, 9.17) is 10.6 Å². The van der Waals surface area contributed by atoms with E-state index in [9.17, 15) is 0 Å². The van der Waals surface area contributed by atoms with Crippen LogP contribution < -0.4 is 16.0 Å². The van der Waals surface area contributed by atoms with Crippen LogP contribution in [0.3, 0.4) is 0 Å². The van der Waals surface area contributed by atoms with Crippen LogP contribution in [0.25, 0.3) is 0 Å². The van der Waals surface area contributed by atoms with Crippen LogP contribution in [0.15, 0.2) is 28.1 Å². The maximum absolute atomic E-state index is 5.31. The molecule has 0 radical (unpaired) electrons. The molecule has 0 spiro atoms. The molecule has 1 aliphatic heterocycles. The Labute approximate surface area is 86.5 Å². The predicted molar refractivity (Wildman–Crippen MR) is 58.1 cm³/mol. The summed E-state index contributed by atoms with van der Waals surface area (Å²) < 4.78 is 5.12. The lowest BCUT2D eigenvalue weighted by Crippen LogP contribution is -2.32. The molecule has 0 unspecified atom stereocenters. The predicted octanol–water partition coefficient (Wildman–Crippen LogP) is 1.29. The number of fused-ring (bicyclic) bond motifs is 1. The average molecular weight is 209 g/mol. The molecule has 1 heterocycles. The number of hydrogen-bond acceptors (Lipinski definition) is 5. The van der Waals surface area contributed by atoms with Crippen molar-refractivity contribution in [2.24, 2.45) is 10.8 Å². The first-order valence-corrected chi connectivity index (χ1v) is 5.17. The lowest BCUT2D eigenvalue weighted by atomic mass is 10.3. The number of nitrogens with two attached hydrogens (primary N) is 1. The van der Waals surface area contributed by atoms with E-state index < -0.39 is 0 Å². The molecular weight excluding hydrogens is 198 g/mol. The number of thioether (sulfide) groups is 1. The van der Waals surface area contributed by atoms with Crippen molar-refractivity contribution in [2.75, 3.05) is 12.9 Å². The molecule has 4 nitrogen and oxygen atoms in total. The van der Waals surface area contributed by atoms with Crippen molar-refractivity contribution in [1.29, 1.82) is 0 Å². The zero-order valence-corrected chi connectivity index (χ0v) is 8.60. The standard InChI is InChI=1S/C9H11N3OS/c1-13-6-2-3-8-7(4-6)11-9(12-10)5-14-8/h2-4H,5,10H2,1H3,(H,11,12). The summed E-state index contributed by atoms with van der Waals surface area (Å²) in [5, 5.41) is 0. The molecule has 14 heavy (non-hydrogen) atoms. The monoisotopic (exact) mass is 209 g/mol. The van der Waals surface area contributed by atoms with Crippen LogP contribution in [0.5, 0.6) is 5.75 Å². The minimum atomic E-state index is 0.788. The molecule has 1 aliphatic rings. The van der Waals surface area contributed by atoms with Crippen LogP contribution in [-0.4, -0.2) is 18.7 Å². The molecule has 0 aromatic heterocycles. The number of nitrogens with one attached hydrogen (secondary N) is 1. The number of rotatable bonds is 1. The van der Waals surface area contributed by atoms with E-state index >= 15 is 0 Å². The molecule has 2 rings (SSSR count). The quantitative estimate of drug-likeness (QED) is 0.540. The average Bonchev–Trinajstić information content (AvgIpc) is 2.27. The highest BCUT2D eigenvalue weighted by molar-refractivity contribution is 8.00. The van der Waals surface area contributed by atoms with Crippen molar-refractivity contribution in [3.63, 3.8) is 0 Å². The van der Waals surface area contributed by atoms with Gasteiger partial charge in [-0.25, -0.2) is 10.8 Å². The van der Waals surface area contributed by atoms with Gasteiger partial charge in [0.15, 0.2) is 0 Å². The van der Waals surface area contributed by atoms with Gasteiger partial charge in [0.25, 0.3) is 0 Å². The number of ether oxygens (including phenoxy) is 1. The van der Waals surface area contributed by atoms with Gasteiger partial charge in [-0.15, -0.1) is 11.8 Å². The highest BCUT2D eigenvalue weighted by Crippen LogP contribution is 2.35. The zero-order valence-electron chi connectivity index (χ0n) is 7.78. The van der Waals surface area contributed by atoms with E-state index in [2.05, 4.69) is 10.4 Å². The number of benzene rings is 1. The Morgan fingerprint density at radius 2 is 2.43 bits per heavy atom. The Balaban J connectivity index is 2.39. The molecular formula is C9H11N3OS. The summed E-state index contributed by atoms with van der Waals surface area (Å²) in [6, 6.07) is 5.84. The van der Waals surface area contributed by atoms with Gasteiger partial charge >= 0.3 is 0 Å². The third-order valence-electron chi connectivity index (χ3n) is 1.95. The van der Waals surface area contributed by atoms with Crippen LogP contribution in [-0.2, 0) is 0 Å². The zero-order chi connectivity index (χ0) is 9.97. The normalized spacial score (nSPS) is 14.3. The first-order chi connectivity index (χ1) is 6.83. The van der Waals surface area contributed by atoms with Gasteiger partial charge in [-0.1, -0.05) is 0 Å². The number of methoxy groups -OCH3 is 1. The van der Waals surface area contributed by atoms with Crippen LogP contribution >= 0.6 is 11.8 Å². The Morgan fingerprint density at radius 1 is 1.57 bits per heavy atom. The van der Waals surface area contributed by atoms with Gasteiger partial charge in [0.2, 0.25) is 0 Å². The largest absolute Gasteiger partial charge is 0.497 e. The fraction of sp³-hybridized carbons (Fsp3) is 0.222. The topological polar surface area (TPSA) is 59.6 Å². The third kappa shape index (κ3) is 1.69. The second-order valence-electron chi connectivity index (χ2n) is 2.83. The summed E-state index contributed by atoms with van der Waals surface area (Å²) in [5.41, 5.74) is 3.48. The first-order valence-electron chi connectivity index (χ1n) is 4.18. The third-order valence-corrected chi connectivity index (χ3v) is 3.03. The molecule has 0 fully saturated rings. The lowest BCUT2D eigenvalue weighted by molar-refractivity contribution is 0.414. The van der Waals surface area contributed by atoms with Gasteiger partial charge < -0.3 is 10.2 Å². The number of hydrogen-bond donors (Lipinski definition) is 2. The Morgan fingerprint density at radius 3 is 3.14 bits per heavy atom. The van der Waals surface area contributed by atoms with E-state index in [0.29, 0.717) is 0 Å². The molecule has 0 saturated heterocycles. The van der Waals surface area contributed by atoms with Gasteiger partial charge in [-0.3, -0.25) is 0 Å². The van der Waals surface area contributed by atoms with Crippen molar-refractivity contribution >= 4 is 23.3 Å². The molecule has 5 heteroatoms. The van der Waals surface area contributed by atoms with E-state index in [0.717, 1.165) is 27.9 Å². The van der Waals surface area contributed by atoms with Gasteiger partial charge in [-0.05, 0) is 12.1 Å². The van der Waals surface area contributed by atoms with Gasteiger partial charge in [0.05, 0.1) is 18.6 Å². The number of hydrazine groups is 1. The number of amidine groups is 1. The molecule has 1 aromatic rings. The summed E-state index contributed by atoms with van der Waals surface area (Å²) in [6.07, 6.45) is 0. The minimum absolute atomic E-state index is 0.788. The Kier molecular flexibility index (Phi) is 2.60. The van der Waals surface area contributed by atoms with Gasteiger partial charge in [-0.2, -0.15) is 0 Å². The highest BCUT2D eigenvalue weighted by atomic mass is 32.2. The van der Waals surface area contributed by atoms with Gasteiger partial charge in [0.1, 0.15) is 11.6 Å². The van der Waals surface area contributed by atoms with Crippen LogP contribution in [0, 0.1) is 0 Å². The van der Waals surface area contributed by atoms with Crippen molar-refractivity contribution in [3.05, 3.63) is 18.2 Å². The summed E-state index contributed by atoms with van der Waals surface area (Å²) in [4.78, 5) is 5.51. The summed E-state index contributed by atoms with van der Waals surface area (Å²) in [6.45, 7) is 0. The van der Waals surface area contributed by atoms with Crippen molar-refractivity contribution in [1.82, 2.24) is 5.43 Å². The molecule has 74 valence electrons. The summed E-state index contributed by atoms with van der Waals surface area (Å²) >= 11 is 1.71. The molecule has 0 bridgehead atoms. The van der Waals surface area contributed by atoms with Gasteiger partial charge in [0, 0.05) is 11.0 Å². The molecule has 0 aliphatic carbocycles. The van der Waals surface area contributed by atoms with Crippen molar-refractivity contribution in [3.8, 4) is 5.75 Å². The van der Waals surface area contributed by atoms with Crippen LogP contribution in [0.4, 0.5) is 5.69 Å². The molecule has 3 N–H and O–H groups in total. The first kappa shape index (κ1) is 9.36. The van der Waals surface area contributed by atoms with E-state index in [1.807, 2.05) is 18.2 Å². The Bertz CT molecular complexity index is 378. The van der Waals surface area contributed by atoms with E-state index in [-0.39, 0.29) is 0 Å². The maximum Gasteiger partial charge on any atom is 0.127 e. The lowest BCUT2D eigenvalue weighted by Gasteiger charge is -2.14. The fourth-order valence-electron chi connectivity index (χ4n) is 1.23. The van der Waals surface area contributed by atoms with Crippen molar-refractivity contribution < 1.29 is 4.74 Å². The second-order valence-corrected chi connectivity index (χ2v) is 3.84. The smallest absolute Gasteiger partial charge is 0.127 e. The van der Waals surface area contributed by atoms with Crippen LogP contribution in [0.1, 0.15) is 0 Å². The highest BCUT2D eigenvalue weighted by Gasteiger charge is 2.12. The van der Waals surface area contributed by atoms with Crippen LogP contribution in [0.2, 0.25) is 0 Å². The van der Waals surface area contributed by atoms with E-state index in [1.54, 1.807) is 18.9 Å². The SMILES string of the molecule is COc1ccc2c(c1)N=C(NN)CS2. The van der Waals surface area contributed by atoms with E-state index in [1.165, 1.54) is 0 Å². The molecule has 0 amide bonds.